The first kappa shape index (κ1) is 61.7. The molecule has 3 N–H and O–H groups in total. The molecule has 0 radical (unpaired) electrons. The fourth-order valence-corrected chi connectivity index (χ4v) is 7.74. The fourth-order valence-electron chi connectivity index (χ4n) is 7.00. The number of carbonyl (C=O) groups is 1. The summed E-state index contributed by atoms with van der Waals surface area (Å²) in [4.78, 5) is 23.2. The van der Waals surface area contributed by atoms with Gasteiger partial charge in [0.1, 0.15) is 13.2 Å². The number of allylic oxidation sites excluding steroid dienone is 13. The van der Waals surface area contributed by atoms with Crippen LogP contribution in [0.25, 0.3) is 0 Å². The van der Waals surface area contributed by atoms with Gasteiger partial charge in [-0.3, -0.25) is 13.8 Å². The van der Waals surface area contributed by atoms with E-state index >= 15 is 0 Å². The Hall–Kier alpha value is -2.32. The zero-order chi connectivity index (χ0) is 47.1. The first-order valence-corrected chi connectivity index (χ1v) is 27.5. The van der Waals surface area contributed by atoms with Gasteiger partial charge in [0.2, 0.25) is 5.91 Å². The topological polar surface area (TPSA) is 105 Å². The van der Waals surface area contributed by atoms with E-state index in [1.807, 2.05) is 27.2 Å². The van der Waals surface area contributed by atoms with Gasteiger partial charge >= 0.3 is 7.82 Å². The highest BCUT2D eigenvalue weighted by molar-refractivity contribution is 7.47. The second kappa shape index (κ2) is 45.8. The zero-order valence-electron chi connectivity index (χ0n) is 42.0. The van der Waals surface area contributed by atoms with Gasteiger partial charge in [-0.15, -0.1) is 0 Å². The lowest BCUT2D eigenvalue weighted by atomic mass is 10.0. The number of aliphatic hydroxyl groups is 1. The summed E-state index contributed by atoms with van der Waals surface area (Å²) in [6.07, 6.45) is 63.9. The van der Waals surface area contributed by atoms with Gasteiger partial charge < -0.3 is 19.8 Å². The maximum Gasteiger partial charge on any atom is 0.472 e. The molecule has 0 aromatic carbocycles. The standard InChI is InChI=1S/C55H99N2O6P/c1-6-8-10-12-14-16-18-20-22-24-26-27-28-29-31-32-34-36-38-40-42-44-46-48-54(58)53(52-63-64(60,61)62-51-50-57(3,4)5)56-55(59)49-47-45-43-41-39-37-35-33-30-25-23-21-19-17-15-13-11-9-7-2/h9,11,15,17,21,23,30-33,38,40,46,48,53-54,58H,6-8,10,12-14,16,18-20,22,24-29,34-37,39,41-45,47,49-52H2,1-5H3,(H-,56,59,60,61)/p+1/b11-9-,17-15-,23-21-,32-31+,33-30-,40-38+,48-46+. The summed E-state index contributed by atoms with van der Waals surface area (Å²) in [6, 6.07) is -0.883. The van der Waals surface area contributed by atoms with E-state index in [2.05, 4.69) is 92.1 Å². The van der Waals surface area contributed by atoms with Crippen LogP contribution in [0.3, 0.4) is 0 Å². The molecule has 0 saturated heterocycles. The Balaban J connectivity index is 4.42. The molecule has 0 aromatic heterocycles. The van der Waals surface area contributed by atoms with Crippen LogP contribution in [0.2, 0.25) is 0 Å². The molecule has 3 atom stereocenters. The van der Waals surface area contributed by atoms with Gasteiger partial charge in [-0.1, -0.05) is 202 Å². The van der Waals surface area contributed by atoms with Gasteiger partial charge in [0.05, 0.1) is 39.9 Å². The monoisotopic (exact) mass is 916 g/mol. The van der Waals surface area contributed by atoms with E-state index in [-0.39, 0.29) is 19.1 Å². The number of unbranched alkanes of at least 4 members (excludes halogenated alkanes) is 21. The number of quaternary nitrogens is 1. The molecule has 0 rings (SSSR count). The molecule has 0 bridgehead atoms. The predicted octanol–water partition coefficient (Wildman–Crippen LogP) is 15.3. The van der Waals surface area contributed by atoms with Gasteiger partial charge in [-0.2, -0.15) is 0 Å². The summed E-state index contributed by atoms with van der Waals surface area (Å²) < 4.78 is 23.6. The van der Waals surface area contributed by atoms with Crippen molar-refractivity contribution in [2.45, 2.75) is 219 Å². The van der Waals surface area contributed by atoms with Gasteiger partial charge in [-0.25, -0.2) is 4.57 Å². The number of hydrogen-bond acceptors (Lipinski definition) is 5. The van der Waals surface area contributed by atoms with Crippen LogP contribution in [-0.4, -0.2) is 73.4 Å². The SMILES string of the molecule is CC/C=C\C/C=C\C/C=C\C/C=C\CCCCCCCCC(=O)NC(COP(=O)(O)OCC[N+](C)(C)C)C(O)/C=C/CC/C=C/CC/C=C/CCCCCCCCCCCCCCC. The predicted molar refractivity (Wildman–Crippen MR) is 276 cm³/mol. The third-order valence-corrected chi connectivity index (χ3v) is 12.1. The first-order valence-electron chi connectivity index (χ1n) is 26.0. The highest BCUT2D eigenvalue weighted by atomic mass is 31.2. The lowest BCUT2D eigenvalue weighted by Crippen LogP contribution is -2.45. The average Bonchev–Trinajstić information content (AvgIpc) is 3.25. The van der Waals surface area contributed by atoms with Crippen LogP contribution in [0.15, 0.2) is 85.1 Å². The van der Waals surface area contributed by atoms with E-state index in [4.69, 9.17) is 9.05 Å². The summed E-state index contributed by atoms with van der Waals surface area (Å²) >= 11 is 0. The van der Waals surface area contributed by atoms with Crippen LogP contribution >= 0.6 is 7.82 Å². The molecule has 0 spiro atoms. The van der Waals surface area contributed by atoms with E-state index in [9.17, 15) is 19.4 Å². The van der Waals surface area contributed by atoms with Crippen molar-refractivity contribution in [3.63, 3.8) is 0 Å². The Kier molecular flexibility index (Phi) is 44.2. The second-order valence-electron chi connectivity index (χ2n) is 18.5. The summed E-state index contributed by atoms with van der Waals surface area (Å²) in [6.45, 7) is 4.66. The van der Waals surface area contributed by atoms with Gasteiger partial charge in [-0.05, 0) is 83.5 Å². The Morgan fingerprint density at radius 1 is 0.547 bits per heavy atom. The number of likely N-dealkylation sites (N-methyl/N-ethyl adjacent to an activating group) is 1. The van der Waals surface area contributed by atoms with Crippen LogP contribution in [0.1, 0.15) is 206 Å². The Morgan fingerprint density at radius 2 is 0.953 bits per heavy atom. The van der Waals surface area contributed by atoms with E-state index in [0.717, 1.165) is 83.5 Å². The summed E-state index contributed by atoms with van der Waals surface area (Å²) in [5, 5.41) is 13.9. The first-order chi connectivity index (χ1) is 31.0. The highest BCUT2D eigenvalue weighted by Crippen LogP contribution is 2.43. The third-order valence-electron chi connectivity index (χ3n) is 11.1. The number of aliphatic hydroxyl groups excluding tert-OH is 1. The molecule has 0 aliphatic rings. The molecule has 64 heavy (non-hydrogen) atoms. The van der Waals surface area contributed by atoms with Crippen LogP contribution in [0.5, 0.6) is 0 Å². The molecule has 370 valence electrons. The van der Waals surface area contributed by atoms with Crippen molar-refractivity contribution >= 4 is 13.7 Å². The Labute approximate surface area is 395 Å². The molecule has 0 aliphatic carbocycles. The highest BCUT2D eigenvalue weighted by Gasteiger charge is 2.27. The minimum atomic E-state index is -4.37. The largest absolute Gasteiger partial charge is 0.472 e. The second-order valence-corrected chi connectivity index (χ2v) is 19.9. The lowest BCUT2D eigenvalue weighted by molar-refractivity contribution is -0.870. The lowest BCUT2D eigenvalue weighted by Gasteiger charge is -2.25. The minimum absolute atomic E-state index is 0.0461. The van der Waals surface area contributed by atoms with Crippen molar-refractivity contribution in [2.24, 2.45) is 0 Å². The molecular weight excluding hydrogens is 816 g/mol. The average molecular weight is 916 g/mol. The normalized spacial score (nSPS) is 14.8. The van der Waals surface area contributed by atoms with Gasteiger partial charge in [0.15, 0.2) is 0 Å². The molecule has 0 fully saturated rings. The van der Waals surface area contributed by atoms with Crippen molar-refractivity contribution in [3.05, 3.63) is 85.1 Å². The minimum Gasteiger partial charge on any atom is -0.387 e. The molecule has 3 unspecified atom stereocenters. The molecule has 9 heteroatoms. The van der Waals surface area contributed by atoms with Crippen LogP contribution in [0, 0.1) is 0 Å². The van der Waals surface area contributed by atoms with E-state index in [1.54, 1.807) is 6.08 Å². The number of phosphoric acid groups is 1. The fraction of sp³-hybridized carbons (Fsp3) is 0.727. The van der Waals surface area contributed by atoms with Crippen molar-refractivity contribution in [1.29, 1.82) is 0 Å². The Bertz CT molecular complexity index is 1310. The van der Waals surface area contributed by atoms with E-state index < -0.39 is 20.0 Å². The van der Waals surface area contributed by atoms with Crippen molar-refractivity contribution in [1.82, 2.24) is 5.32 Å². The van der Waals surface area contributed by atoms with E-state index in [1.165, 1.54) is 103 Å². The van der Waals surface area contributed by atoms with Crippen LogP contribution in [0.4, 0.5) is 0 Å². The smallest absolute Gasteiger partial charge is 0.387 e. The molecule has 0 saturated carbocycles. The summed E-state index contributed by atoms with van der Waals surface area (Å²) in [7, 11) is 1.52. The van der Waals surface area contributed by atoms with Crippen LogP contribution in [-0.2, 0) is 18.4 Å². The molecular formula is C55H100N2O6P+. The van der Waals surface area contributed by atoms with Gasteiger partial charge in [0, 0.05) is 6.42 Å². The number of nitrogens with one attached hydrogen (secondary N) is 1. The Morgan fingerprint density at radius 3 is 1.44 bits per heavy atom. The number of carbonyl (C=O) groups excluding carboxylic acids is 1. The number of hydrogen-bond donors (Lipinski definition) is 3. The van der Waals surface area contributed by atoms with Crippen molar-refractivity contribution in [2.75, 3.05) is 40.9 Å². The quantitative estimate of drug-likeness (QED) is 0.0243. The van der Waals surface area contributed by atoms with Crippen molar-refractivity contribution < 1.29 is 32.9 Å². The summed E-state index contributed by atoms with van der Waals surface area (Å²) in [5.41, 5.74) is 0. The molecule has 1 amide bonds. The molecule has 0 heterocycles. The molecule has 0 aromatic rings. The number of nitrogens with zero attached hydrogens (tertiary/aromatic N) is 1. The number of amides is 1. The summed E-state index contributed by atoms with van der Waals surface area (Å²) in [5.74, 6) is -0.208. The molecule has 8 nitrogen and oxygen atoms in total. The van der Waals surface area contributed by atoms with Crippen LogP contribution < -0.4 is 5.32 Å². The zero-order valence-corrected chi connectivity index (χ0v) is 42.9. The van der Waals surface area contributed by atoms with Gasteiger partial charge in [0.25, 0.3) is 0 Å². The third kappa shape index (κ3) is 47.6. The maximum absolute atomic E-state index is 12.9. The maximum atomic E-state index is 12.9. The number of phosphoric ester groups is 1. The van der Waals surface area contributed by atoms with Crippen molar-refractivity contribution in [3.8, 4) is 0 Å². The molecule has 0 aliphatic heterocycles. The van der Waals surface area contributed by atoms with E-state index in [0.29, 0.717) is 17.4 Å². The number of rotatable bonds is 46.